The highest BCUT2D eigenvalue weighted by Crippen LogP contribution is 2.33. The molecule has 0 spiro atoms. The molecule has 0 heterocycles. The minimum absolute atomic E-state index is 0.0310. The van der Waals surface area contributed by atoms with Crippen LogP contribution in [0.3, 0.4) is 0 Å². The molecular weight excluding hydrogens is 264 g/mol. The molecule has 2 N–H and O–H groups in total. The molecule has 7 heteroatoms. The van der Waals surface area contributed by atoms with E-state index in [-0.39, 0.29) is 11.7 Å². The minimum Gasteiger partial charge on any atom is -0.493 e. The third-order valence-electron chi connectivity index (χ3n) is 2.95. The van der Waals surface area contributed by atoms with Crippen molar-refractivity contribution < 1.29 is 24.5 Å². The number of methoxy groups -OCH3 is 3. The van der Waals surface area contributed by atoms with Crippen LogP contribution in [-0.2, 0) is 11.3 Å². The summed E-state index contributed by atoms with van der Waals surface area (Å²) in [5, 5.41) is 13.1. The van der Waals surface area contributed by atoms with Crippen LogP contribution >= 0.6 is 0 Å². The van der Waals surface area contributed by atoms with E-state index in [0.29, 0.717) is 30.2 Å². The average Bonchev–Trinajstić information content (AvgIpc) is 2.44. The van der Waals surface area contributed by atoms with E-state index < -0.39 is 4.92 Å². The van der Waals surface area contributed by atoms with Crippen LogP contribution in [0, 0.1) is 10.1 Å². The zero-order chi connectivity index (χ0) is 15.1. The second-order valence-electron chi connectivity index (χ2n) is 4.47. The number of benzene rings is 1. The lowest BCUT2D eigenvalue weighted by Gasteiger charge is -2.12. The average molecular weight is 285 g/mol. The van der Waals surface area contributed by atoms with Gasteiger partial charge in [0.1, 0.15) is 12.6 Å². The van der Waals surface area contributed by atoms with Gasteiger partial charge in [-0.3, -0.25) is 10.1 Å². The first-order chi connectivity index (χ1) is 9.53. The second kappa shape index (κ2) is 7.66. The van der Waals surface area contributed by atoms with Crippen molar-refractivity contribution in [2.75, 3.05) is 27.9 Å². The Morgan fingerprint density at radius 3 is 2.35 bits per heavy atom. The molecule has 1 atom stereocenters. The number of rotatable bonds is 8. The van der Waals surface area contributed by atoms with E-state index in [1.807, 2.05) is 12.2 Å². The number of nitrogens with zero attached hydrogens (tertiary/aromatic N) is 1. The van der Waals surface area contributed by atoms with Gasteiger partial charge in [0.05, 0.1) is 37.4 Å². The predicted octanol–water partition coefficient (Wildman–Crippen LogP) is 0.710. The molecule has 0 aliphatic heterocycles. The molecule has 0 aliphatic rings. The molecule has 0 aliphatic carbocycles. The molecule has 112 valence electrons. The third-order valence-corrected chi connectivity index (χ3v) is 2.95. The quantitative estimate of drug-likeness (QED) is 0.561. The summed E-state index contributed by atoms with van der Waals surface area (Å²) >= 11 is 0. The van der Waals surface area contributed by atoms with Gasteiger partial charge in [-0.1, -0.05) is 0 Å². The van der Waals surface area contributed by atoms with Gasteiger partial charge >= 0.3 is 0 Å². The van der Waals surface area contributed by atoms with Crippen molar-refractivity contribution in [3.63, 3.8) is 0 Å². The van der Waals surface area contributed by atoms with E-state index in [1.165, 1.54) is 20.3 Å². The van der Waals surface area contributed by atoms with Gasteiger partial charge in [-0.25, -0.2) is 0 Å². The SMILES string of the molecule is COC[C@@H](C)[NH2+]Cc1cc(OC)c(OC)cc1[N+](=O)[O-]. The van der Waals surface area contributed by atoms with Crippen molar-refractivity contribution in [1.82, 2.24) is 0 Å². The van der Waals surface area contributed by atoms with Crippen LogP contribution < -0.4 is 14.8 Å². The summed E-state index contributed by atoms with van der Waals surface area (Å²) in [5.74, 6) is 0.841. The summed E-state index contributed by atoms with van der Waals surface area (Å²) in [6, 6.07) is 3.25. The maximum atomic E-state index is 11.1. The molecule has 0 aromatic heterocycles. The number of quaternary nitrogens is 1. The van der Waals surface area contributed by atoms with Crippen LogP contribution in [0.1, 0.15) is 12.5 Å². The van der Waals surface area contributed by atoms with Gasteiger partial charge in [-0.05, 0) is 13.0 Å². The Hall–Kier alpha value is -1.86. The van der Waals surface area contributed by atoms with Crippen molar-refractivity contribution in [3.8, 4) is 11.5 Å². The highest BCUT2D eigenvalue weighted by Gasteiger charge is 2.21. The van der Waals surface area contributed by atoms with Crippen LogP contribution in [0.4, 0.5) is 5.69 Å². The Morgan fingerprint density at radius 1 is 1.25 bits per heavy atom. The fraction of sp³-hybridized carbons (Fsp3) is 0.538. The molecule has 1 aromatic carbocycles. The van der Waals surface area contributed by atoms with Crippen LogP contribution in [0.25, 0.3) is 0 Å². The standard InChI is InChI=1S/C13H20N2O5/c1-9(8-18-2)14-7-10-5-12(19-3)13(20-4)6-11(10)15(16)17/h5-6,9,14H,7-8H2,1-4H3/p+1/t9-/m1/s1. The van der Waals surface area contributed by atoms with Gasteiger partial charge in [0.2, 0.25) is 0 Å². The lowest BCUT2D eigenvalue weighted by Crippen LogP contribution is -2.88. The number of nitro benzene ring substituents is 1. The van der Waals surface area contributed by atoms with Gasteiger partial charge in [0.15, 0.2) is 11.5 Å². The number of ether oxygens (including phenoxy) is 3. The summed E-state index contributed by atoms with van der Waals surface area (Å²) in [6.45, 7) is 3.05. The van der Waals surface area contributed by atoms with Crippen molar-refractivity contribution in [1.29, 1.82) is 0 Å². The van der Waals surface area contributed by atoms with Gasteiger partial charge in [0, 0.05) is 7.11 Å². The number of hydrogen-bond donors (Lipinski definition) is 1. The lowest BCUT2D eigenvalue weighted by molar-refractivity contribution is -0.703. The van der Waals surface area contributed by atoms with Crippen LogP contribution in [-0.4, -0.2) is 38.9 Å². The van der Waals surface area contributed by atoms with Crippen molar-refractivity contribution >= 4 is 5.69 Å². The molecule has 0 radical (unpaired) electrons. The Balaban J connectivity index is 3.00. The Labute approximate surface area is 118 Å². The second-order valence-corrected chi connectivity index (χ2v) is 4.47. The first-order valence-electron chi connectivity index (χ1n) is 6.25. The summed E-state index contributed by atoms with van der Waals surface area (Å²) in [5.41, 5.74) is 0.624. The Kier molecular flexibility index (Phi) is 6.20. The molecule has 1 rings (SSSR count). The van der Waals surface area contributed by atoms with E-state index in [9.17, 15) is 10.1 Å². The molecule has 0 amide bonds. The fourth-order valence-corrected chi connectivity index (χ4v) is 1.90. The van der Waals surface area contributed by atoms with Gasteiger partial charge in [-0.15, -0.1) is 0 Å². The van der Waals surface area contributed by atoms with Gasteiger partial charge < -0.3 is 19.5 Å². The fourth-order valence-electron chi connectivity index (χ4n) is 1.90. The number of nitro groups is 1. The lowest BCUT2D eigenvalue weighted by atomic mass is 10.1. The van der Waals surface area contributed by atoms with E-state index in [1.54, 1.807) is 13.2 Å². The maximum absolute atomic E-state index is 11.1. The largest absolute Gasteiger partial charge is 0.493 e. The molecule has 0 fully saturated rings. The molecule has 1 aromatic rings. The predicted molar refractivity (Wildman–Crippen MR) is 73.2 cm³/mol. The molecule has 7 nitrogen and oxygen atoms in total. The van der Waals surface area contributed by atoms with Gasteiger partial charge in [-0.2, -0.15) is 0 Å². The van der Waals surface area contributed by atoms with E-state index in [0.717, 1.165) is 0 Å². The first kappa shape index (κ1) is 16.2. The highest BCUT2D eigenvalue weighted by molar-refractivity contribution is 5.53. The van der Waals surface area contributed by atoms with Gasteiger partial charge in [0.25, 0.3) is 5.69 Å². The monoisotopic (exact) mass is 285 g/mol. The smallest absolute Gasteiger partial charge is 0.282 e. The molecule has 20 heavy (non-hydrogen) atoms. The number of hydrogen-bond acceptors (Lipinski definition) is 5. The topological polar surface area (TPSA) is 87.4 Å². The zero-order valence-electron chi connectivity index (χ0n) is 12.2. The zero-order valence-corrected chi connectivity index (χ0v) is 12.2. The Bertz CT molecular complexity index is 464. The summed E-state index contributed by atoms with van der Waals surface area (Å²) in [4.78, 5) is 10.7. The Morgan fingerprint density at radius 2 is 1.85 bits per heavy atom. The van der Waals surface area contributed by atoms with E-state index >= 15 is 0 Å². The van der Waals surface area contributed by atoms with E-state index in [2.05, 4.69) is 0 Å². The summed E-state index contributed by atoms with van der Waals surface area (Å²) < 4.78 is 15.3. The van der Waals surface area contributed by atoms with Crippen LogP contribution in [0.15, 0.2) is 12.1 Å². The molecule has 0 unspecified atom stereocenters. The molecular formula is C13H21N2O5+. The highest BCUT2D eigenvalue weighted by atomic mass is 16.6. The number of nitrogens with two attached hydrogens (primary N) is 1. The minimum atomic E-state index is -0.411. The first-order valence-corrected chi connectivity index (χ1v) is 6.25. The van der Waals surface area contributed by atoms with Crippen molar-refractivity contribution in [3.05, 3.63) is 27.8 Å². The van der Waals surface area contributed by atoms with Crippen LogP contribution in [0.5, 0.6) is 11.5 Å². The van der Waals surface area contributed by atoms with Crippen molar-refractivity contribution in [2.45, 2.75) is 19.5 Å². The summed E-state index contributed by atoms with van der Waals surface area (Å²) in [6.07, 6.45) is 0. The van der Waals surface area contributed by atoms with Crippen molar-refractivity contribution in [2.24, 2.45) is 0 Å². The molecule has 0 saturated carbocycles. The molecule has 0 saturated heterocycles. The maximum Gasteiger partial charge on any atom is 0.282 e. The van der Waals surface area contributed by atoms with E-state index in [4.69, 9.17) is 14.2 Å². The molecule has 0 bridgehead atoms. The van der Waals surface area contributed by atoms with Crippen LogP contribution in [0.2, 0.25) is 0 Å². The third kappa shape index (κ3) is 4.07. The normalized spacial score (nSPS) is 12.0. The summed E-state index contributed by atoms with van der Waals surface area (Å²) in [7, 11) is 4.59.